The van der Waals surface area contributed by atoms with Crippen molar-refractivity contribution in [1.82, 2.24) is 10.2 Å². The number of carbonyl (C=O) groups excluding carboxylic acids is 1. The molecule has 0 aromatic heterocycles. The molecule has 1 aliphatic heterocycles. The van der Waals surface area contributed by atoms with Gasteiger partial charge in [-0.1, -0.05) is 37.1 Å². The summed E-state index contributed by atoms with van der Waals surface area (Å²) >= 11 is 6.10. The predicted molar refractivity (Wildman–Crippen MR) is 95.8 cm³/mol. The summed E-state index contributed by atoms with van der Waals surface area (Å²) in [6.45, 7) is 5.47. The second-order valence-corrected chi connectivity index (χ2v) is 6.88. The maximum Gasteiger partial charge on any atom is 0.221 e. The molecule has 2 unspecified atom stereocenters. The Bertz CT molecular complexity index is 509. The quantitative estimate of drug-likeness (QED) is 0.804. The Balaban J connectivity index is 1.91. The van der Waals surface area contributed by atoms with Crippen LogP contribution in [0, 0.1) is 0 Å². The van der Waals surface area contributed by atoms with Gasteiger partial charge in [-0.3, -0.25) is 9.69 Å². The third-order valence-electron chi connectivity index (χ3n) is 4.58. The summed E-state index contributed by atoms with van der Waals surface area (Å²) in [5.41, 5.74) is 6.70. The Hall–Kier alpha value is -1.10. The third-order valence-corrected chi connectivity index (χ3v) is 4.82. The fourth-order valence-corrected chi connectivity index (χ4v) is 3.45. The van der Waals surface area contributed by atoms with Gasteiger partial charge in [-0.05, 0) is 43.0 Å². The molecule has 0 spiro atoms. The van der Waals surface area contributed by atoms with Crippen molar-refractivity contribution < 1.29 is 4.79 Å². The van der Waals surface area contributed by atoms with Crippen molar-refractivity contribution >= 4 is 17.5 Å². The number of benzene rings is 1. The number of halogens is 1. The topological polar surface area (TPSA) is 58.4 Å². The van der Waals surface area contributed by atoms with Crippen molar-refractivity contribution in [2.45, 2.75) is 44.6 Å². The van der Waals surface area contributed by atoms with E-state index in [9.17, 15) is 4.79 Å². The zero-order chi connectivity index (χ0) is 16.7. The largest absolute Gasteiger partial charge is 0.354 e. The fraction of sp³-hybridized carbons (Fsp3) is 0.611. The van der Waals surface area contributed by atoms with Crippen LogP contribution in [-0.4, -0.2) is 43.0 Å². The van der Waals surface area contributed by atoms with Gasteiger partial charge >= 0.3 is 0 Å². The van der Waals surface area contributed by atoms with Crippen molar-refractivity contribution in [3.63, 3.8) is 0 Å². The molecule has 5 heteroatoms. The van der Waals surface area contributed by atoms with Crippen LogP contribution in [0.5, 0.6) is 0 Å². The first kappa shape index (κ1) is 18.2. The molecular formula is C18H28ClN3O. The number of carbonyl (C=O) groups is 1. The van der Waals surface area contributed by atoms with Crippen LogP contribution in [0.2, 0.25) is 5.02 Å². The normalized spacial score (nSPS) is 20.2. The summed E-state index contributed by atoms with van der Waals surface area (Å²) in [4.78, 5) is 14.2. The molecule has 0 aliphatic carbocycles. The van der Waals surface area contributed by atoms with Crippen LogP contribution in [-0.2, 0) is 4.79 Å². The van der Waals surface area contributed by atoms with Crippen LogP contribution in [0.1, 0.15) is 44.1 Å². The minimum Gasteiger partial charge on any atom is -0.354 e. The number of likely N-dealkylation sites (tertiary alicyclic amines) is 1. The van der Waals surface area contributed by atoms with Gasteiger partial charge in [-0.2, -0.15) is 0 Å². The van der Waals surface area contributed by atoms with E-state index in [2.05, 4.69) is 23.2 Å². The molecule has 1 saturated heterocycles. The smallest absolute Gasteiger partial charge is 0.221 e. The predicted octanol–water partition coefficient (Wildman–Crippen LogP) is 2.76. The van der Waals surface area contributed by atoms with Gasteiger partial charge in [0, 0.05) is 37.1 Å². The first-order valence-electron chi connectivity index (χ1n) is 8.56. The van der Waals surface area contributed by atoms with E-state index in [1.54, 1.807) is 0 Å². The van der Waals surface area contributed by atoms with Gasteiger partial charge in [0.2, 0.25) is 5.91 Å². The molecule has 4 nitrogen and oxygen atoms in total. The van der Waals surface area contributed by atoms with Gasteiger partial charge in [0.25, 0.3) is 0 Å². The van der Waals surface area contributed by atoms with E-state index in [4.69, 9.17) is 17.3 Å². The number of hydrogen-bond donors (Lipinski definition) is 2. The summed E-state index contributed by atoms with van der Waals surface area (Å²) in [5.74, 6) is 0.481. The molecule has 1 aromatic carbocycles. The molecular weight excluding hydrogens is 310 g/mol. The van der Waals surface area contributed by atoms with Crippen LogP contribution < -0.4 is 11.1 Å². The highest BCUT2D eigenvalue weighted by Crippen LogP contribution is 2.24. The van der Waals surface area contributed by atoms with Crippen molar-refractivity contribution in [1.29, 1.82) is 0 Å². The van der Waals surface area contributed by atoms with Crippen molar-refractivity contribution in [3.8, 4) is 0 Å². The van der Waals surface area contributed by atoms with E-state index < -0.39 is 0 Å². The lowest BCUT2D eigenvalue weighted by Crippen LogP contribution is -2.48. The number of hydrogen-bond acceptors (Lipinski definition) is 3. The maximum atomic E-state index is 11.6. The number of rotatable bonds is 7. The van der Waals surface area contributed by atoms with E-state index in [1.807, 2.05) is 18.2 Å². The highest BCUT2D eigenvalue weighted by Gasteiger charge is 2.24. The van der Waals surface area contributed by atoms with Gasteiger partial charge in [0.15, 0.2) is 0 Å². The monoisotopic (exact) mass is 337 g/mol. The zero-order valence-electron chi connectivity index (χ0n) is 13.9. The molecule has 0 bridgehead atoms. The molecule has 128 valence electrons. The minimum absolute atomic E-state index is 0.0564. The Morgan fingerprint density at radius 3 is 3.04 bits per heavy atom. The summed E-state index contributed by atoms with van der Waals surface area (Å²) in [6.07, 6.45) is 4.02. The fourth-order valence-electron chi connectivity index (χ4n) is 3.25. The molecule has 2 rings (SSSR count). The van der Waals surface area contributed by atoms with E-state index >= 15 is 0 Å². The summed E-state index contributed by atoms with van der Waals surface area (Å²) < 4.78 is 0. The van der Waals surface area contributed by atoms with Gasteiger partial charge < -0.3 is 11.1 Å². The van der Waals surface area contributed by atoms with Gasteiger partial charge in [0.05, 0.1) is 0 Å². The Labute approximate surface area is 144 Å². The average Bonchev–Trinajstić information content (AvgIpc) is 2.54. The molecule has 1 amide bonds. The number of piperidine rings is 1. The van der Waals surface area contributed by atoms with Crippen LogP contribution in [0.3, 0.4) is 0 Å². The van der Waals surface area contributed by atoms with Crippen LogP contribution >= 0.6 is 11.6 Å². The standard InChI is InChI=1S/C18H28ClN3O/c1-14(15-5-4-6-16(19)11-15)13-22-10-3-2-7-17(22)12-21-18(23)8-9-20/h4-6,11,14,17H,2-3,7-10,12-13,20H2,1H3,(H,21,23). The SMILES string of the molecule is CC(CN1CCCCC1CNC(=O)CCN)c1cccc(Cl)c1. The van der Waals surface area contributed by atoms with Gasteiger partial charge in [0.1, 0.15) is 0 Å². The maximum absolute atomic E-state index is 11.6. The Morgan fingerprint density at radius 2 is 2.30 bits per heavy atom. The van der Waals surface area contributed by atoms with Gasteiger partial charge in [-0.25, -0.2) is 0 Å². The molecule has 23 heavy (non-hydrogen) atoms. The first-order valence-corrected chi connectivity index (χ1v) is 8.94. The number of amides is 1. The summed E-state index contributed by atoms with van der Waals surface area (Å²) in [5, 5.41) is 3.81. The molecule has 1 fully saturated rings. The molecule has 0 radical (unpaired) electrons. The molecule has 1 aliphatic rings. The van der Waals surface area contributed by atoms with E-state index in [0.29, 0.717) is 24.9 Å². The minimum atomic E-state index is 0.0564. The lowest BCUT2D eigenvalue weighted by Gasteiger charge is -2.37. The third kappa shape index (κ3) is 5.79. The molecule has 2 atom stereocenters. The highest BCUT2D eigenvalue weighted by atomic mass is 35.5. The number of nitrogens with two attached hydrogens (primary N) is 1. The molecule has 1 heterocycles. The van der Waals surface area contributed by atoms with Crippen molar-refractivity contribution in [3.05, 3.63) is 34.9 Å². The number of nitrogens with one attached hydrogen (secondary N) is 1. The first-order chi connectivity index (χ1) is 11.1. The number of nitrogens with zero attached hydrogens (tertiary/aromatic N) is 1. The zero-order valence-corrected chi connectivity index (χ0v) is 14.7. The van der Waals surface area contributed by atoms with E-state index in [1.165, 1.54) is 18.4 Å². The van der Waals surface area contributed by atoms with Crippen LogP contribution in [0.25, 0.3) is 0 Å². The highest BCUT2D eigenvalue weighted by molar-refractivity contribution is 6.30. The van der Waals surface area contributed by atoms with Crippen LogP contribution in [0.15, 0.2) is 24.3 Å². The van der Waals surface area contributed by atoms with E-state index in [0.717, 1.165) is 31.1 Å². The summed E-state index contributed by atoms with van der Waals surface area (Å²) in [6, 6.07) is 8.53. The summed E-state index contributed by atoms with van der Waals surface area (Å²) in [7, 11) is 0. The Kier molecular flexibility index (Phi) is 7.34. The second-order valence-electron chi connectivity index (χ2n) is 6.44. The van der Waals surface area contributed by atoms with Gasteiger partial charge in [-0.15, -0.1) is 0 Å². The second kappa shape index (κ2) is 9.26. The lowest BCUT2D eigenvalue weighted by atomic mass is 9.96. The molecule has 1 aromatic rings. The lowest BCUT2D eigenvalue weighted by molar-refractivity contribution is -0.121. The van der Waals surface area contributed by atoms with E-state index in [-0.39, 0.29) is 5.91 Å². The Morgan fingerprint density at radius 1 is 1.48 bits per heavy atom. The molecule has 3 N–H and O–H groups in total. The average molecular weight is 338 g/mol. The van der Waals surface area contributed by atoms with Crippen molar-refractivity contribution in [2.75, 3.05) is 26.2 Å². The van der Waals surface area contributed by atoms with Crippen LogP contribution in [0.4, 0.5) is 0 Å². The van der Waals surface area contributed by atoms with Crippen molar-refractivity contribution in [2.24, 2.45) is 5.73 Å². The molecule has 0 saturated carbocycles.